The van der Waals surface area contributed by atoms with Crippen molar-refractivity contribution in [3.05, 3.63) is 23.2 Å². The van der Waals surface area contributed by atoms with Crippen LogP contribution in [0.1, 0.15) is 9.67 Å². The van der Waals surface area contributed by atoms with Crippen LogP contribution in [-0.2, 0) is 0 Å². The van der Waals surface area contributed by atoms with Crippen LogP contribution in [0.4, 0.5) is 0 Å². The highest BCUT2D eigenvalue weighted by atomic mass is 32.1. The molecular formula is C7H4N2O2S. The van der Waals surface area contributed by atoms with Crippen LogP contribution in [0.15, 0.2) is 18.3 Å². The predicted octanol–water partition coefficient (Wildman–Crippen LogP) is 1.39. The largest absolute Gasteiger partial charge is 0.477 e. The van der Waals surface area contributed by atoms with Crippen molar-refractivity contribution in [2.75, 3.05) is 0 Å². The fourth-order valence-electron chi connectivity index (χ4n) is 0.895. The number of carboxylic acids is 1. The monoisotopic (exact) mass is 180 g/mol. The van der Waals surface area contributed by atoms with Crippen molar-refractivity contribution in [2.45, 2.75) is 0 Å². The van der Waals surface area contributed by atoms with Gasteiger partial charge in [0.05, 0.1) is 10.9 Å². The summed E-state index contributed by atoms with van der Waals surface area (Å²) in [5.41, 5.74) is 0.639. The van der Waals surface area contributed by atoms with E-state index in [0.29, 0.717) is 10.4 Å². The Morgan fingerprint density at radius 2 is 2.42 bits per heavy atom. The van der Waals surface area contributed by atoms with Crippen LogP contribution < -0.4 is 0 Å². The molecule has 12 heavy (non-hydrogen) atoms. The fraction of sp³-hybridized carbons (Fsp3) is 0. The molecule has 0 spiro atoms. The summed E-state index contributed by atoms with van der Waals surface area (Å²) in [6.07, 6.45) is 1.55. The molecule has 0 aliphatic heterocycles. The second-order valence-electron chi connectivity index (χ2n) is 2.20. The predicted molar refractivity (Wildman–Crippen MR) is 44.4 cm³/mol. The third kappa shape index (κ3) is 1.04. The molecule has 0 radical (unpaired) electrons. The van der Waals surface area contributed by atoms with E-state index in [-0.39, 0.29) is 0 Å². The number of thiophene rings is 1. The van der Waals surface area contributed by atoms with E-state index in [4.69, 9.17) is 5.11 Å². The first-order valence-corrected chi connectivity index (χ1v) is 4.03. The zero-order valence-electron chi connectivity index (χ0n) is 5.89. The van der Waals surface area contributed by atoms with E-state index >= 15 is 0 Å². The zero-order chi connectivity index (χ0) is 8.55. The maximum absolute atomic E-state index is 10.5. The second kappa shape index (κ2) is 2.53. The average Bonchev–Trinajstić information content (AvgIpc) is 2.46. The molecule has 0 saturated carbocycles. The molecule has 2 rings (SSSR count). The van der Waals surface area contributed by atoms with Gasteiger partial charge in [0.25, 0.3) is 0 Å². The van der Waals surface area contributed by atoms with Gasteiger partial charge in [0, 0.05) is 0 Å². The van der Waals surface area contributed by atoms with Crippen molar-refractivity contribution >= 4 is 27.5 Å². The van der Waals surface area contributed by atoms with Gasteiger partial charge in [-0.2, -0.15) is 5.10 Å². The number of hydrogen-bond acceptors (Lipinski definition) is 4. The van der Waals surface area contributed by atoms with Crippen molar-refractivity contribution in [3.63, 3.8) is 0 Å². The van der Waals surface area contributed by atoms with Crippen LogP contribution in [0, 0.1) is 0 Å². The number of carboxylic acid groups (broad SMARTS) is 1. The first-order valence-electron chi connectivity index (χ1n) is 3.22. The summed E-state index contributed by atoms with van der Waals surface area (Å²) in [6.45, 7) is 0. The van der Waals surface area contributed by atoms with E-state index in [9.17, 15) is 4.79 Å². The quantitative estimate of drug-likeness (QED) is 0.720. The molecule has 0 unspecified atom stereocenters. The first-order chi connectivity index (χ1) is 5.77. The molecule has 0 bridgehead atoms. The number of hydrogen-bond donors (Lipinski definition) is 1. The molecule has 0 atom stereocenters. The third-order valence-corrected chi connectivity index (χ3v) is 2.49. The van der Waals surface area contributed by atoms with E-state index in [1.165, 1.54) is 17.4 Å². The molecule has 2 heterocycles. The van der Waals surface area contributed by atoms with Crippen LogP contribution in [0.5, 0.6) is 0 Å². The Morgan fingerprint density at radius 3 is 3.08 bits per heavy atom. The molecule has 4 nitrogen and oxygen atoms in total. The normalized spacial score (nSPS) is 10.3. The van der Waals surface area contributed by atoms with Gasteiger partial charge in [-0.15, -0.1) is 16.4 Å². The van der Waals surface area contributed by atoms with Crippen molar-refractivity contribution in [1.29, 1.82) is 0 Å². The van der Waals surface area contributed by atoms with Crippen molar-refractivity contribution in [2.24, 2.45) is 0 Å². The highest BCUT2D eigenvalue weighted by Gasteiger charge is 2.08. The summed E-state index contributed by atoms with van der Waals surface area (Å²) in [7, 11) is 0. The molecule has 1 N–H and O–H groups in total. The number of rotatable bonds is 1. The van der Waals surface area contributed by atoms with E-state index in [1.54, 1.807) is 12.3 Å². The lowest BCUT2D eigenvalue weighted by Crippen LogP contribution is -1.89. The standard InChI is InChI=1S/C7H4N2O2S/c10-7(11)6-3-4-5(12-6)1-2-8-9-4/h1-3H,(H,10,11). The maximum Gasteiger partial charge on any atom is 0.345 e. The lowest BCUT2D eigenvalue weighted by atomic mass is 10.4. The topological polar surface area (TPSA) is 63.1 Å². The van der Waals surface area contributed by atoms with Crippen LogP contribution in [0.3, 0.4) is 0 Å². The molecule has 0 saturated heterocycles. The number of aromatic carboxylic acids is 1. The van der Waals surface area contributed by atoms with Gasteiger partial charge in [0.15, 0.2) is 0 Å². The fourth-order valence-corrected chi connectivity index (χ4v) is 1.72. The average molecular weight is 180 g/mol. The van der Waals surface area contributed by atoms with E-state index in [2.05, 4.69) is 10.2 Å². The molecule has 0 fully saturated rings. The summed E-state index contributed by atoms with van der Waals surface area (Å²) < 4.78 is 0.849. The van der Waals surface area contributed by atoms with Crippen LogP contribution in [0.2, 0.25) is 0 Å². The highest BCUT2D eigenvalue weighted by Crippen LogP contribution is 2.22. The lowest BCUT2D eigenvalue weighted by Gasteiger charge is -1.80. The Bertz CT molecular complexity index is 405. The number of carbonyl (C=O) groups is 1. The molecular weight excluding hydrogens is 176 g/mol. The van der Waals surface area contributed by atoms with Gasteiger partial charge in [-0.25, -0.2) is 4.79 Å². The minimum Gasteiger partial charge on any atom is -0.477 e. The smallest absolute Gasteiger partial charge is 0.345 e. The third-order valence-electron chi connectivity index (χ3n) is 1.41. The van der Waals surface area contributed by atoms with Gasteiger partial charge in [0.2, 0.25) is 0 Å². The van der Waals surface area contributed by atoms with Crippen molar-refractivity contribution < 1.29 is 9.90 Å². The number of nitrogens with zero attached hydrogens (tertiary/aromatic N) is 2. The van der Waals surface area contributed by atoms with Gasteiger partial charge >= 0.3 is 5.97 Å². The molecule has 0 amide bonds. The SMILES string of the molecule is O=C(O)c1cc2nnccc2s1. The van der Waals surface area contributed by atoms with Crippen molar-refractivity contribution in [3.8, 4) is 0 Å². The van der Waals surface area contributed by atoms with Gasteiger partial charge in [-0.1, -0.05) is 0 Å². The lowest BCUT2D eigenvalue weighted by molar-refractivity contribution is 0.0702. The Kier molecular flexibility index (Phi) is 1.51. The van der Waals surface area contributed by atoms with Crippen LogP contribution >= 0.6 is 11.3 Å². The molecule has 0 aliphatic rings. The Hall–Kier alpha value is -1.49. The molecule has 2 aromatic rings. The second-order valence-corrected chi connectivity index (χ2v) is 3.28. The van der Waals surface area contributed by atoms with Crippen molar-refractivity contribution in [1.82, 2.24) is 10.2 Å². The minimum absolute atomic E-state index is 0.297. The molecule has 5 heteroatoms. The number of fused-ring (bicyclic) bond motifs is 1. The van der Waals surface area contributed by atoms with Crippen LogP contribution in [0.25, 0.3) is 10.2 Å². The van der Waals surface area contributed by atoms with E-state index in [0.717, 1.165) is 4.70 Å². The maximum atomic E-state index is 10.5. The van der Waals surface area contributed by atoms with E-state index in [1.807, 2.05) is 0 Å². The molecule has 60 valence electrons. The van der Waals surface area contributed by atoms with Gasteiger partial charge in [-0.3, -0.25) is 0 Å². The minimum atomic E-state index is -0.919. The van der Waals surface area contributed by atoms with Gasteiger partial charge < -0.3 is 5.11 Å². The Morgan fingerprint density at radius 1 is 1.58 bits per heavy atom. The van der Waals surface area contributed by atoms with Gasteiger partial charge in [0.1, 0.15) is 10.4 Å². The summed E-state index contributed by atoms with van der Waals surface area (Å²) in [6, 6.07) is 3.27. The summed E-state index contributed by atoms with van der Waals surface area (Å²) >= 11 is 1.20. The molecule has 0 aromatic carbocycles. The van der Waals surface area contributed by atoms with Gasteiger partial charge in [-0.05, 0) is 12.1 Å². The van der Waals surface area contributed by atoms with Crippen LogP contribution in [-0.4, -0.2) is 21.3 Å². The summed E-state index contributed by atoms with van der Waals surface area (Å²) in [5.74, 6) is -0.919. The summed E-state index contributed by atoms with van der Waals surface area (Å²) in [4.78, 5) is 10.8. The molecule has 0 aliphatic carbocycles. The highest BCUT2D eigenvalue weighted by molar-refractivity contribution is 7.20. The molecule has 2 aromatic heterocycles. The Balaban J connectivity index is 2.70. The Labute approximate surface area is 71.5 Å². The zero-order valence-corrected chi connectivity index (χ0v) is 6.71. The number of aromatic nitrogens is 2. The van der Waals surface area contributed by atoms with E-state index < -0.39 is 5.97 Å². The summed E-state index contributed by atoms with van der Waals surface area (Å²) in [5, 5.41) is 16.1. The first kappa shape index (κ1) is 7.17.